The maximum Gasteiger partial charge on any atom is 0.413 e. The Morgan fingerprint density at radius 3 is 2.72 bits per heavy atom. The molecule has 5 nitrogen and oxygen atoms in total. The Kier molecular flexibility index (Phi) is 3.76. The van der Waals surface area contributed by atoms with Crippen LogP contribution < -0.4 is 5.32 Å². The Bertz CT molecular complexity index is 529. The average Bonchev–Trinajstić information content (AvgIpc) is 2.40. The van der Waals surface area contributed by atoms with Crippen molar-refractivity contribution in [1.82, 2.24) is 4.98 Å². The van der Waals surface area contributed by atoms with Crippen molar-refractivity contribution in [2.45, 2.75) is 6.61 Å². The van der Waals surface area contributed by atoms with Crippen LogP contribution in [0.2, 0.25) is 0 Å². The number of nitrogens with zero attached hydrogens (tertiary/aromatic N) is 1. The Morgan fingerprint density at radius 2 is 2.00 bits per heavy atom. The zero-order valence-electron chi connectivity index (χ0n) is 9.54. The van der Waals surface area contributed by atoms with E-state index in [1.54, 1.807) is 6.07 Å². The van der Waals surface area contributed by atoms with Gasteiger partial charge >= 0.3 is 6.09 Å². The van der Waals surface area contributed by atoms with Crippen molar-refractivity contribution in [3.63, 3.8) is 0 Å². The van der Waals surface area contributed by atoms with Gasteiger partial charge in [0.25, 0.3) is 0 Å². The standard InChI is InChI=1S/C13H12N2O3/c16-11-7-4-8-14-12(11)15-13(17)18-9-10-5-2-1-3-6-10/h1-8,16H,9H2,(H,14,15,17). The van der Waals surface area contributed by atoms with Crippen LogP contribution in [0.5, 0.6) is 5.75 Å². The zero-order valence-corrected chi connectivity index (χ0v) is 9.54. The fourth-order valence-electron chi connectivity index (χ4n) is 1.35. The second-order valence-electron chi connectivity index (χ2n) is 3.56. The smallest absolute Gasteiger partial charge is 0.413 e. The van der Waals surface area contributed by atoms with Gasteiger partial charge < -0.3 is 9.84 Å². The highest BCUT2D eigenvalue weighted by Crippen LogP contribution is 2.18. The summed E-state index contributed by atoms with van der Waals surface area (Å²) < 4.78 is 4.99. The average molecular weight is 244 g/mol. The Labute approximate surface area is 104 Å². The molecule has 0 saturated heterocycles. The first kappa shape index (κ1) is 11.9. The lowest BCUT2D eigenvalue weighted by atomic mass is 10.2. The quantitative estimate of drug-likeness (QED) is 0.870. The summed E-state index contributed by atoms with van der Waals surface area (Å²) in [6, 6.07) is 12.3. The first-order chi connectivity index (χ1) is 8.75. The second-order valence-corrected chi connectivity index (χ2v) is 3.56. The molecule has 0 bridgehead atoms. The number of anilines is 1. The van der Waals surface area contributed by atoms with Crippen molar-refractivity contribution >= 4 is 11.9 Å². The topological polar surface area (TPSA) is 71.5 Å². The first-order valence-corrected chi connectivity index (χ1v) is 5.37. The molecule has 92 valence electrons. The normalized spacial score (nSPS) is 9.78. The van der Waals surface area contributed by atoms with Gasteiger partial charge in [-0.25, -0.2) is 9.78 Å². The molecule has 1 aromatic heterocycles. The number of amides is 1. The molecule has 0 unspecified atom stereocenters. The summed E-state index contributed by atoms with van der Waals surface area (Å²) in [5.41, 5.74) is 0.887. The van der Waals surface area contributed by atoms with Gasteiger partial charge in [0.2, 0.25) is 0 Å². The third kappa shape index (κ3) is 3.21. The minimum atomic E-state index is -0.659. The maximum atomic E-state index is 11.5. The fourth-order valence-corrected chi connectivity index (χ4v) is 1.35. The molecular formula is C13H12N2O3. The van der Waals surface area contributed by atoms with Crippen LogP contribution in [0.3, 0.4) is 0 Å². The molecule has 0 saturated carbocycles. The highest BCUT2D eigenvalue weighted by molar-refractivity contribution is 5.84. The number of nitrogens with one attached hydrogen (secondary N) is 1. The van der Waals surface area contributed by atoms with E-state index in [2.05, 4.69) is 10.3 Å². The molecule has 0 radical (unpaired) electrons. The summed E-state index contributed by atoms with van der Waals surface area (Å²) in [5.74, 6) is -0.0234. The number of hydrogen-bond acceptors (Lipinski definition) is 4. The number of aromatic nitrogens is 1. The number of ether oxygens (including phenoxy) is 1. The fraction of sp³-hybridized carbons (Fsp3) is 0.0769. The summed E-state index contributed by atoms with van der Waals surface area (Å²) >= 11 is 0. The highest BCUT2D eigenvalue weighted by Gasteiger charge is 2.07. The van der Waals surface area contributed by atoms with E-state index >= 15 is 0 Å². The minimum Gasteiger partial charge on any atom is -0.504 e. The van der Waals surface area contributed by atoms with Crippen molar-refractivity contribution in [2.24, 2.45) is 0 Å². The number of carbonyl (C=O) groups is 1. The molecule has 1 amide bonds. The third-order valence-corrected chi connectivity index (χ3v) is 2.22. The predicted octanol–water partition coefficient (Wildman–Crippen LogP) is 2.54. The Balaban J connectivity index is 1.88. The molecule has 2 rings (SSSR count). The molecule has 0 spiro atoms. The van der Waals surface area contributed by atoms with Crippen LogP contribution in [-0.4, -0.2) is 16.2 Å². The third-order valence-electron chi connectivity index (χ3n) is 2.22. The van der Waals surface area contributed by atoms with Crippen molar-refractivity contribution in [1.29, 1.82) is 0 Å². The van der Waals surface area contributed by atoms with Crippen LogP contribution >= 0.6 is 0 Å². The zero-order chi connectivity index (χ0) is 12.8. The van der Waals surface area contributed by atoms with E-state index in [0.29, 0.717) is 0 Å². The summed E-state index contributed by atoms with van der Waals surface area (Å²) in [5, 5.41) is 11.8. The minimum absolute atomic E-state index is 0.0792. The number of aromatic hydroxyl groups is 1. The number of hydrogen-bond donors (Lipinski definition) is 2. The van der Waals surface area contributed by atoms with E-state index in [-0.39, 0.29) is 18.2 Å². The molecule has 18 heavy (non-hydrogen) atoms. The SMILES string of the molecule is O=C(Nc1ncccc1O)OCc1ccccc1. The van der Waals surface area contributed by atoms with Gasteiger partial charge in [-0.05, 0) is 17.7 Å². The molecule has 1 heterocycles. The summed E-state index contributed by atoms with van der Waals surface area (Å²) in [7, 11) is 0. The van der Waals surface area contributed by atoms with Crippen molar-refractivity contribution < 1.29 is 14.6 Å². The van der Waals surface area contributed by atoms with E-state index in [1.807, 2.05) is 30.3 Å². The van der Waals surface area contributed by atoms with Gasteiger partial charge in [0, 0.05) is 6.20 Å². The molecule has 0 aliphatic carbocycles. The second kappa shape index (κ2) is 5.67. The molecule has 2 N–H and O–H groups in total. The molecule has 5 heteroatoms. The van der Waals surface area contributed by atoms with Gasteiger partial charge in [-0.1, -0.05) is 30.3 Å². The predicted molar refractivity (Wildman–Crippen MR) is 66.2 cm³/mol. The Morgan fingerprint density at radius 1 is 1.22 bits per heavy atom. The van der Waals surface area contributed by atoms with E-state index in [9.17, 15) is 9.90 Å². The van der Waals surface area contributed by atoms with Crippen LogP contribution in [0.4, 0.5) is 10.6 Å². The van der Waals surface area contributed by atoms with Crippen LogP contribution in [-0.2, 0) is 11.3 Å². The summed E-state index contributed by atoms with van der Waals surface area (Å²) in [6.07, 6.45) is 0.805. The lowest BCUT2D eigenvalue weighted by molar-refractivity contribution is 0.155. The number of carbonyl (C=O) groups excluding carboxylic acids is 1. The van der Waals surface area contributed by atoms with Crippen LogP contribution in [0, 0.1) is 0 Å². The largest absolute Gasteiger partial charge is 0.504 e. The molecule has 0 aliphatic rings. The van der Waals surface area contributed by atoms with E-state index in [4.69, 9.17) is 4.74 Å². The van der Waals surface area contributed by atoms with Crippen LogP contribution in [0.1, 0.15) is 5.56 Å². The molecule has 1 aromatic carbocycles. The highest BCUT2D eigenvalue weighted by atomic mass is 16.5. The Hall–Kier alpha value is -2.56. The van der Waals surface area contributed by atoms with Crippen molar-refractivity contribution in [3.05, 3.63) is 54.2 Å². The molecule has 0 aliphatic heterocycles. The molecule has 2 aromatic rings. The van der Waals surface area contributed by atoms with Gasteiger partial charge in [-0.15, -0.1) is 0 Å². The van der Waals surface area contributed by atoms with Crippen molar-refractivity contribution in [3.8, 4) is 5.75 Å². The van der Waals surface area contributed by atoms with Crippen molar-refractivity contribution in [2.75, 3.05) is 5.32 Å². The van der Waals surface area contributed by atoms with E-state index in [1.165, 1.54) is 12.3 Å². The van der Waals surface area contributed by atoms with Crippen LogP contribution in [0.15, 0.2) is 48.7 Å². The monoisotopic (exact) mass is 244 g/mol. The summed E-state index contributed by atoms with van der Waals surface area (Å²) in [4.78, 5) is 15.3. The maximum absolute atomic E-state index is 11.5. The number of benzene rings is 1. The molecule has 0 fully saturated rings. The van der Waals surface area contributed by atoms with Crippen LogP contribution in [0.25, 0.3) is 0 Å². The van der Waals surface area contributed by atoms with E-state index < -0.39 is 6.09 Å². The molecular weight excluding hydrogens is 232 g/mol. The van der Waals surface area contributed by atoms with E-state index in [0.717, 1.165) is 5.56 Å². The summed E-state index contributed by atoms with van der Waals surface area (Å²) in [6.45, 7) is 0.167. The van der Waals surface area contributed by atoms with Gasteiger partial charge in [-0.3, -0.25) is 5.32 Å². The lowest BCUT2D eigenvalue weighted by Crippen LogP contribution is -2.14. The number of pyridine rings is 1. The lowest BCUT2D eigenvalue weighted by Gasteiger charge is -2.07. The van der Waals surface area contributed by atoms with Gasteiger partial charge in [0.15, 0.2) is 11.6 Å². The van der Waals surface area contributed by atoms with Gasteiger partial charge in [-0.2, -0.15) is 0 Å². The molecule has 0 atom stereocenters. The van der Waals surface area contributed by atoms with Gasteiger partial charge in [0.05, 0.1) is 0 Å². The first-order valence-electron chi connectivity index (χ1n) is 5.37. The van der Waals surface area contributed by atoms with Gasteiger partial charge in [0.1, 0.15) is 6.61 Å². The number of rotatable bonds is 3.